The maximum atomic E-state index is 14.9. The van der Waals surface area contributed by atoms with Crippen LogP contribution in [-0.2, 0) is 27.8 Å². The molecule has 0 aromatic heterocycles. The van der Waals surface area contributed by atoms with E-state index < -0.39 is 16.2 Å². The summed E-state index contributed by atoms with van der Waals surface area (Å²) in [5, 5.41) is 0. The van der Waals surface area contributed by atoms with Crippen LogP contribution in [0.3, 0.4) is 0 Å². The van der Waals surface area contributed by atoms with Gasteiger partial charge in [-0.1, -0.05) is 82.2 Å². The molecule has 4 heteroatoms. The molecule has 3 atom stereocenters. The van der Waals surface area contributed by atoms with Gasteiger partial charge in [-0.2, -0.15) is 0 Å². The van der Waals surface area contributed by atoms with Crippen LogP contribution in [0.15, 0.2) is 58.7 Å². The lowest BCUT2D eigenvalue weighted by Gasteiger charge is -2.59. The molecule has 0 spiro atoms. The number of carbonyl (C=O) groups excluding carboxylic acids is 4. The van der Waals surface area contributed by atoms with Gasteiger partial charge in [-0.25, -0.2) is 0 Å². The van der Waals surface area contributed by atoms with Gasteiger partial charge in [0.15, 0.2) is 23.1 Å². The quantitative estimate of drug-likeness (QED) is 0.264. The fourth-order valence-corrected chi connectivity index (χ4v) is 9.07. The Balaban J connectivity index is 1.70. The van der Waals surface area contributed by atoms with Gasteiger partial charge in [0.05, 0.1) is 11.0 Å². The highest BCUT2D eigenvalue weighted by molar-refractivity contribution is 6.24. The minimum Gasteiger partial charge on any atom is -0.294 e. The summed E-state index contributed by atoms with van der Waals surface area (Å²) in [5.74, 6) is -0.232. The maximum absolute atomic E-state index is 14.9. The van der Waals surface area contributed by atoms with E-state index in [2.05, 4.69) is 47.6 Å². The molecule has 4 nitrogen and oxygen atoms in total. The van der Waals surface area contributed by atoms with Gasteiger partial charge in [-0.05, 0) is 93.4 Å². The standard InChI is InChI=1S/C39H46O4/c1-22-19-38(9)21-37(8)20-28-27(16-17-30(41)26-14-12-11-13-15-26)18-29(36(5,6)7)23(2)32(28)34(42)33(37)24(3)39(38,10)35(43)31(22)25(4)40/h11-15,18H,16-17,19-21H2,1-10H3. The van der Waals surface area contributed by atoms with Crippen molar-refractivity contribution in [3.8, 4) is 0 Å². The van der Waals surface area contributed by atoms with Crippen LogP contribution < -0.4 is 0 Å². The summed E-state index contributed by atoms with van der Waals surface area (Å²) in [7, 11) is 0. The second kappa shape index (κ2) is 10.1. The van der Waals surface area contributed by atoms with Crippen LogP contribution in [0.1, 0.15) is 125 Å². The van der Waals surface area contributed by atoms with Gasteiger partial charge >= 0.3 is 0 Å². The smallest absolute Gasteiger partial charge is 0.190 e. The van der Waals surface area contributed by atoms with Crippen molar-refractivity contribution in [3.05, 3.63) is 92.1 Å². The van der Waals surface area contributed by atoms with E-state index in [0.717, 1.165) is 44.5 Å². The Kier molecular flexibility index (Phi) is 7.27. The van der Waals surface area contributed by atoms with E-state index >= 15 is 0 Å². The normalized spacial score (nSPS) is 27.1. The average molecular weight is 579 g/mol. The Labute approximate surface area is 257 Å². The molecule has 0 aliphatic heterocycles. The van der Waals surface area contributed by atoms with Gasteiger partial charge in [0.1, 0.15) is 0 Å². The van der Waals surface area contributed by atoms with E-state index in [1.165, 1.54) is 6.92 Å². The third kappa shape index (κ3) is 4.55. The van der Waals surface area contributed by atoms with Crippen molar-refractivity contribution in [3.63, 3.8) is 0 Å². The highest BCUT2D eigenvalue weighted by atomic mass is 16.2. The van der Waals surface area contributed by atoms with E-state index in [1.54, 1.807) is 0 Å². The number of hydrogen-bond donors (Lipinski definition) is 0. The van der Waals surface area contributed by atoms with Crippen molar-refractivity contribution in [2.24, 2.45) is 16.2 Å². The topological polar surface area (TPSA) is 68.3 Å². The number of fused-ring (bicyclic) bond motifs is 3. The molecule has 0 heterocycles. The molecule has 0 saturated carbocycles. The lowest BCUT2D eigenvalue weighted by molar-refractivity contribution is -0.134. The van der Waals surface area contributed by atoms with E-state index in [0.29, 0.717) is 43.2 Å². The molecular formula is C39H46O4. The summed E-state index contributed by atoms with van der Waals surface area (Å²) in [6.07, 6.45) is 2.94. The monoisotopic (exact) mass is 578 g/mol. The second-order valence-electron chi connectivity index (χ2n) is 15.2. The average Bonchev–Trinajstić information content (AvgIpc) is 2.89. The van der Waals surface area contributed by atoms with Crippen LogP contribution in [0, 0.1) is 23.2 Å². The van der Waals surface area contributed by atoms with Crippen molar-refractivity contribution in [2.45, 2.75) is 107 Å². The van der Waals surface area contributed by atoms with Crippen molar-refractivity contribution in [1.29, 1.82) is 0 Å². The van der Waals surface area contributed by atoms with E-state index in [-0.39, 0.29) is 28.5 Å². The van der Waals surface area contributed by atoms with Crippen LogP contribution in [0.2, 0.25) is 0 Å². The number of rotatable bonds is 5. The van der Waals surface area contributed by atoms with Crippen LogP contribution >= 0.6 is 0 Å². The number of hydrogen-bond acceptors (Lipinski definition) is 4. The predicted octanol–water partition coefficient (Wildman–Crippen LogP) is 8.46. The first-order valence-corrected chi connectivity index (χ1v) is 15.6. The summed E-state index contributed by atoms with van der Waals surface area (Å²) in [6.45, 7) is 20.2. The van der Waals surface area contributed by atoms with Crippen molar-refractivity contribution in [1.82, 2.24) is 0 Å². The number of allylic oxidation sites excluding steroid dienone is 4. The molecule has 5 rings (SSSR count). The third-order valence-electron chi connectivity index (χ3n) is 11.2. The Morgan fingerprint density at radius 1 is 0.930 bits per heavy atom. The molecular weight excluding hydrogens is 532 g/mol. The van der Waals surface area contributed by atoms with Crippen LogP contribution in [0.25, 0.3) is 0 Å². The molecule has 0 amide bonds. The van der Waals surface area contributed by atoms with Crippen LogP contribution in [0.5, 0.6) is 0 Å². The summed E-state index contributed by atoms with van der Waals surface area (Å²) >= 11 is 0. The van der Waals surface area contributed by atoms with Crippen molar-refractivity contribution >= 4 is 23.1 Å². The molecule has 0 N–H and O–H groups in total. The summed E-state index contributed by atoms with van der Waals surface area (Å²) in [5.41, 5.74) is 6.38. The molecule has 0 radical (unpaired) electrons. The van der Waals surface area contributed by atoms with Gasteiger partial charge in [-0.3, -0.25) is 19.2 Å². The first kappa shape index (κ1) is 31.0. The molecule has 3 aliphatic carbocycles. The lowest BCUT2D eigenvalue weighted by Crippen LogP contribution is -2.57. The van der Waals surface area contributed by atoms with E-state index in [9.17, 15) is 19.2 Å². The van der Waals surface area contributed by atoms with Crippen molar-refractivity contribution < 1.29 is 19.2 Å². The molecule has 2 aromatic carbocycles. The predicted molar refractivity (Wildman–Crippen MR) is 172 cm³/mol. The third-order valence-corrected chi connectivity index (χ3v) is 11.2. The van der Waals surface area contributed by atoms with Crippen molar-refractivity contribution in [2.75, 3.05) is 0 Å². The number of carbonyl (C=O) groups is 4. The zero-order valence-corrected chi connectivity index (χ0v) is 27.6. The Morgan fingerprint density at radius 2 is 1.56 bits per heavy atom. The highest BCUT2D eigenvalue weighted by Crippen LogP contribution is 2.66. The minimum absolute atomic E-state index is 0.00668. The second-order valence-corrected chi connectivity index (χ2v) is 15.2. The number of ketones is 4. The molecule has 0 bridgehead atoms. The number of Topliss-reactive ketones (excluding diaryl/α,β-unsaturated/α-hetero) is 4. The van der Waals surface area contributed by atoms with Crippen LogP contribution in [-0.4, -0.2) is 23.1 Å². The fraction of sp³-hybridized carbons (Fsp3) is 0.487. The SMILES string of the molecule is CC(=O)C1=C(C)CC2(C)CC3(C)Cc4c(CCC(=O)c5ccccc5)cc(C(C)(C)C)c(C)c4C(=O)C3=C(C)C2(C)C1=O. The molecule has 226 valence electrons. The summed E-state index contributed by atoms with van der Waals surface area (Å²) < 4.78 is 0. The fourth-order valence-electron chi connectivity index (χ4n) is 9.07. The first-order chi connectivity index (χ1) is 19.9. The van der Waals surface area contributed by atoms with E-state index in [4.69, 9.17) is 0 Å². The Bertz CT molecular complexity index is 1660. The molecule has 43 heavy (non-hydrogen) atoms. The number of benzene rings is 2. The maximum Gasteiger partial charge on any atom is 0.190 e. The molecule has 3 unspecified atom stereocenters. The molecule has 0 saturated heterocycles. The minimum atomic E-state index is -0.935. The zero-order chi connectivity index (χ0) is 31.9. The Morgan fingerprint density at radius 3 is 2.14 bits per heavy atom. The molecule has 0 fully saturated rings. The largest absolute Gasteiger partial charge is 0.294 e. The first-order valence-electron chi connectivity index (χ1n) is 15.6. The van der Waals surface area contributed by atoms with E-state index in [1.807, 2.05) is 51.1 Å². The Hall–Kier alpha value is -3.40. The van der Waals surface area contributed by atoms with Gasteiger partial charge < -0.3 is 0 Å². The van der Waals surface area contributed by atoms with Gasteiger partial charge in [0.2, 0.25) is 0 Å². The molecule has 2 aromatic rings. The number of aryl methyl sites for hydroxylation is 1. The lowest BCUT2D eigenvalue weighted by atomic mass is 9.42. The highest BCUT2D eigenvalue weighted by Gasteiger charge is 2.63. The summed E-state index contributed by atoms with van der Waals surface area (Å²) in [4.78, 5) is 54.9. The van der Waals surface area contributed by atoms with Crippen LogP contribution in [0.4, 0.5) is 0 Å². The summed E-state index contributed by atoms with van der Waals surface area (Å²) in [6, 6.07) is 11.6. The molecule has 3 aliphatic rings. The van der Waals surface area contributed by atoms with Gasteiger partial charge in [-0.15, -0.1) is 0 Å². The van der Waals surface area contributed by atoms with Gasteiger partial charge in [0, 0.05) is 28.5 Å². The zero-order valence-electron chi connectivity index (χ0n) is 27.6. The van der Waals surface area contributed by atoms with Gasteiger partial charge in [0.25, 0.3) is 0 Å².